The van der Waals surface area contributed by atoms with Crippen LogP contribution in [0.25, 0.3) is 0 Å². The molecule has 148 valence electrons. The zero-order valence-electron chi connectivity index (χ0n) is 16.4. The van der Waals surface area contributed by atoms with Gasteiger partial charge in [-0.15, -0.1) is 0 Å². The third-order valence-corrected chi connectivity index (χ3v) is 5.40. The van der Waals surface area contributed by atoms with Crippen LogP contribution in [0.1, 0.15) is 38.7 Å². The lowest BCUT2D eigenvalue weighted by atomic mass is 10.1. The van der Waals surface area contributed by atoms with Crippen molar-refractivity contribution in [1.82, 2.24) is 15.1 Å². The molecule has 1 unspecified atom stereocenters. The summed E-state index contributed by atoms with van der Waals surface area (Å²) in [5.41, 5.74) is 1.08. The molecule has 2 aliphatic rings. The van der Waals surface area contributed by atoms with Crippen molar-refractivity contribution in [2.75, 3.05) is 32.8 Å². The molecular weight excluding hydrogens is 342 g/mol. The molecular formula is C21H31N3O3. The number of aryl methyl sites for hydroxylation is 1. The van der Waals surface area contributed by atoms with Crippen molar-refractivity contribution in [2.24, 2.45) is 0 Å². The Bertz CT molecular complexity index is 652. The van der Waals surface area contributed by atoms with E-state index >= 15 is 0 Å². The Kier molecular flexibility index (Phi) is 6.72. The molecule has 1 heterocycles. The SMILES string of the molecule is CCOc1ccccc1CCC(=O)N1CCN(C(C)C(=O)NC2CC2)CC1. The fourth-order valence-electron chi connectivity index (χ4n) is 3.48. The standard InChI is InChI=1S/C21H31N3O3/c1-3-27-19-7-5-4-6-17(19)8-11-20(25)24-14-12-23(13-15-24)16(2)21(26)22-18-9-10-18/h4-7,16,18H,3,8-15H2,1-2H3,(H,22,26). The molecule has 1 aliphatic heterocycles. The first-order chi connectivity index (χ1) is 13.1. The quantitative estimate of drug-likeness (QED) is 0.755. The number of hydrogen-bond donors (Lipinski definition) is 1. The number of carbonyl (C=O) groups is 2. The fraction of sp³-hybridized carbons (Fsp3) is 0.619. The first-order valence-corrected chi connectivity index (χ1v) is 10.1. The molecule has 6 nitrogen and oxygen atoms in total. The molecule has 6 heteroatoms. The van der Waals surface area contributed by atoms with E-state index in [4.69, 9.17) is 4.74 Å². The summed E-state index contributed by atoms with van der Waals surface area (Å²) in [6.45, 7) is 7.42. The number of nitrogens with one attached hydrogen (secondary N) is 1. The second-order valence-electron chi connectivity index (χ2n) is 7.42. The van der Waals surface area contributed by atoms with Crippen LogP contribution in [0, 0.1) is 0 Å². The van der Waals surface area contributed by atoms with Crippen LogP contribution in [0.15, 0.2) is 24.3 Å². The Morgan fingerprint density at radius 2 is 1.89 bits per heavy atom. The molecule has 1 N–H and O–H groups in total. The Morgan fingerprint density at radius 3 is 2.56 bits per heavy atom. The number of hydrogen-bond acceptors (Lipinski definition) is 4. The van der Waals surface area contributed by atoms with Crippen LogP contribution in [0.2, 0.25) is 0 Å². The van der Waals surface area contributed by atoms with Crippen molar-refractivity contribution in [1.29, 1.82) is 0 Å². The predicted octanol–water partition coefficient (Wildman–Crippen LogP) is 1.83. The van der Waals surface area contributed by atoms with Crippen LogP contribution in [0.5, 0.6) is 5.75 Å². The second-order valence-corrected chi connectivity index (χ2v) is 7.42. The van der Waals surface area contributed by atoms with Gasteiger partial charge in [0.15, 0.2) is 0 Å². The number of ether oxygens (including phenoxy) is 1. The summed E-state index contributed by atoms with van der Waals surface area (Å²) < 4.78 is 5.64. The zero-order valence-corrected chi connectivity index (χ0v) is 16.4. The van der Waals surface area contributed by atoms with E-state index in [9.17, 15) is 9.59 Å². The average molecular weight is 373 g/mol. The van der Waals surface area contributed by atoms with Gasteiger partial charge in [0.2, 0.25) is 11.8 Å². The number of para-hydroxylation sites is 1. The van der Waals surface area contributed by atoms with Crippen molar-refractivity contribution < 1.29 is 14.3 Å². The van der Waals surface area contributed by atoms with Gasteiger partial charge in [0.1, 0.15) is 5.75 Å². The Hall–Kier alpha value is -2.08. The van der Waals surface area contributed by atoms with E-state index in [-0.39, 0.29) is 17.9 Å². The lowest BCUT2D eigenvalue weighted by molar-refractivity contribution is -0.134. The summed E-state index contributed by atoms with van der Waals surface area (Å²) in [4.78, 5) is 28.9. The van der Waals surface area contributed by atoms with Crippen molar-refractivity contribution in [3.05, 3.63) is 29.8 Å². The van der Waals surface area contributed by atoms with E-state index < -0.39 is 0 Å². The maximum absolute atomic E-state index is 12.6. The molecule has 0 aromatic heterocycles. The van der Waals surface area contributed by atoms with Gasteiger partial charge in [-0.2, -0.15) is 0 Å². The van der Waals surface area contributed by atoms with Gasteiger partial charge in [-0.25, -0.2) is 0 Å². The highest BCUT2D eigenvalue weighted by atomic mass is 16.5. The molecule has 2 amide bonds. The molecule has 1 aliphatic carbocycles. The highest BCUT2D eigenvalue weighted by Gasteiger charge is 2.30. The smallest absolute Gasteiger partial charge is 0.237 e. The number of carbonyl (C=O) groups excluding carboxylic acids is 2. The van der Waals surface area contributed by atoms with E-state index in [1.165, 1.54) is 0 Å². The van der Waals surface area contributed by atoms with Crippen LogP contribution in [0.3, 0.4) is 0 Å². The van der Waals surface area contributed by atoms with E-state index in [0.717, 1.165) is 37.2 Å². The van der Waals surface area contributed by atoms with Crippen LogP contribution < -0.4 is 10.1 Å². The third kappa shape index (κ3) is 5.45. The van der Waals surface area contributed by atoms with E-state index in [2.05, 4.69) is 10.2 Å². The monoisotopic (exact) mass is 373 g/mol. The van der Waals surface area contributed by atoms with Gasteiger partial charge < -0.3 is 15.0 Å². The number of piperazine rings is 1. The highest BCUT2D eigenvalue weighted by Crippen LogP contribution is 2.21. The van der Waals surface area contributed by atoms with E-state index in [1.807, 2.05) is 43.0 Å². The normalized spacial score (nSPS) is 18.8. The number of nitrogens with zero attached hydrogens (tertiary/aromatic N) is 2. The summed E-state index contributed by atoms with van der Waals surface area (Å²) in [5.74, 6) is 1.16. The minimum Gasteiger partial charge on any atom is -0.494 e. The first-order valence-electron chi connectivity index (χ1n) is 10.1. The largest absolute Gasteiger partial charge is 0.494 e. The van der Waals surface area contributed by atoms with Crippen molar-refractivity contribution in [3.63, 3.8) is 0 Å². The van der Waals surface area contributed by atoms with Crippen LogP contribution in [0.4, 0.5) is 0 Å². The van der Waals surface area contributed by atoms with Gasteiger partial charge in [0, 0.05) is 38.6 Å². The molecule has 3 rings (SSSR count). The molecule has 1 atom stereocenters. The maximum Gasteiger partial charge on any atom is 0.237 e. The van der Waals surface area contributed by atoms with Gasteiger partial charge in [-0.1, -0.05) is 18.2 Å². The van der Waals surface area contributed by atoms with Gasteiger partial charge in [-0.05, 0) is 44.7 Å². The predicted molar refractivity (Wildman–Crippen MR) is 105 cm³/mol. The summed E-state index contributed by atoms with van der Waals surface area (Å²) in [5, 5.41) is 3.07. The maximum atomic E-state index is 12.6. The van der Waals surface area contributed by atoms with Crippen molar-refractivity contribution in [3.8, 4) is 5.75 Å². The molecule has 1 aromatic rings. The van der Waals surface area contributed by atoms with Gasteiger partial charge >= 0.3 is 0 Å². The lowest BCUT2D eigenvalue weighted by Crippen LogP contribution is -2.55. The fourth-order valence-corrected chi connectivity index (χ4v) is 3.48. The Morgan fingerprint density at radius 1 is 1.19 bits per heavy atom. The van der Waals surface area contributed by atoms with E-state index in [1.54, 1.807) is 0 Å². The molecule has 0 spiro atoms. The third-order valence-electron chi connectivity index (χ3n) is 5.40. The minimum absolute atomic E-state index is 0.116. The minimum atomic E-state index is -0.124. The summed E-state index contributed by atoms with van der Waals surface area (Å²) in [6, 6.07) is 8.18. The molecule has 27 heavy (non-hydrogen) atoms. The van der Waals surface area contributed by atoms with E-state index in [0.29, 0.717) is 38.6 Å². The Balaban J connectivity index is 1.43. The Labute approximate surface area is 161 Å². The molecule has 2 fully saturated rings. The van der Waals surface area contributed by atoms with Crippen LogP contribution in [-0.2, 0) is 16.0 Å². The van der Waals surface area contributed by atoms with Crippen LogP contribution in [-0.4, -0.2) is 66.5 Å². The highest BCUT2D eigenvalue weighted by molar-refractivity contribution is 5.82. The summed E-state index contributed by atoms with van der Waals surface area (Å²) >= 11 is 0. The topological polar surface area (TPSA) is 61.9 Å². The number of amides is 2. The molecule has 1 saturated heterocycles. The first kappa shape index (κ1) is 19.7. The number of rotatable bonds is 8. The van der Waals surface area contributed by atoms with Crippen molar-refractivity contribution >= 4 is 11.8 Å². The van der Waals surface area contributed by atoms with Gasteiger partial charge in [0.25, 0.3) is 0 Å². The number of benzene rings is 1. The second kappa shape index (κ2) is 9.22. The van der Waals surface area contributed by atoms with Gasteiger partial charge in [0.05, 0.1) is 12.6 Å². The zero-order chi connectivity index (χ0) is 19.2. The van der Waals surface area contributed by atoms with Crippen LogP contribution >= 0.6 is 0 Å². The average Bonchev–Trinajstić information content (AvgIpc) is 3.51. The molecule has 0 bridgehead atoms. The summed E-state index contributed by atoms with van der Waals surface area (Å²) in [6.07, 6.45) is 3.39. The molecule has 1 aromatic carbocycles. The lowest BCUT2D eigenvalue weighted by Gasteiger charge is -2.37. The summed E-state index contributed by atoms with van der Waals surface area (Å²) in [7, 11) is 0. The van der Waals surface area contributed by atoms with Crippen molar-refractivity contribution in [2.45, 2.75) is 51.6 Å². The molecule has 0 radical (unpaired) electrons. The van der Waals surface area contributed by atoms with Gasteiger partial charge in [-0.3, -0.25) is 14.5 Å². The molecule has 1 saturated carbocycles.